The zero-order valence-corrected chi connectivity index (χ0v) is 16.6. The van der Waals surface area contributed by atoms with Crippen LogP contribution >= 0.6 is 11.3 Å². The summed E-state index contributed by atoms with van der Waals surface area (Å²) >= 11 is 1.45. The van der Waals surface area contributed by atoms with E-state index in [4.69, 9.17) is 0 Å². The fraction of sp³-hybridized carbons (Fsp3) is 0.190. The molecule has 148 valence electrons. The van der Waals surface area contributed by atoms with E-state index in [9.17, 15) is 14.0 Å². The Balaban J connectivity index is 1.47. The highest BCUT2D eigenvalue weighted by Gasteiger charge is 2.25. The molecule has 0 fully saturated rings. The zero-order chi connectivity index (χ0) is 20.4. The van der Waals surface area contributed by atoms with Crippen molar-refractivity contribution in [3.8, 4) is 0 Å². The molecule has 6 nitrogen and oxygen atoms in total. The Bertz CT molecular complexity index is 1080. The van der Waals surface area contributed by atoms with Crippen LogP contribution in [0.4, 0.5) is 20.6 Å². The first-order chi connectivity index (χ1) is 14.0. The van der Waals surface area contributed by atoms with E-state index in [2.05, 4.69) is 15.6 Å². The second kappa shape index (κ2) is 8.00. The maximum atomic E-state index is 13.7. The van der Waals surface area contributed by atoms with Gasteiger partial charge in [-0.05, 0) is 42.7 Å². The number of aromatic nitrogens is 1. The summed E-state index contributed by atoms with van der Waals surface area (Å²) in [5.74, 6) is -0.583. The lowest BCUT2D eigenvalue weighted by Crippen LogP contribution is -2.36. The standard InChI is InChI=1S/C21H19FN4O2S/c1-13-23-19(12-29-13)20(27)26-10-9-15-14(11-26)5-4-8-17(15)24-21(28)25-18-7-3-2-6-16(18)22/h2-8,12H,9-11H2,1H3,(H2,24,25,28). The van der Waals surface area contributed by atoms with Crippen molar-refractivity contribution in [1.82, 2.24) is 9.88 Å². The van der Waals surface area contributed by atoms with Gasteiger partial charge in [-0.15, -0.1) is 11.3 Å². The molecule has 0 saturated heterocycles. The number of nitrogens with one attached hydrogen (secondary N) is 2. The monoisotopic (exact) mass is 410 g/mol. The summed E-state index contributed by atoms with van der Waals surface area (Å²) in [5.41, 5.74) is 3.20. The van der Waals surface area contributed by atoms with Gasteiger partial charge in [0.05, 0.1) is 10.7 Å². The van der Waals surface area contributed by atoms with E-state index in [1.807, 2.05) is 19.1 Å². The second-order valence-electron chi connectivity index (χ2n) is 6.73. The molecule has 1 aromatic heterocycles. The Morgan fingerprint density at radius 2 is 1.86 bits per heavy atom. The minimum atomic E-state index is -0.514. The molecule has 2 N–H and O–H groups in total. The number of hydrogen-bond acceptors (Lipinski definition) is 4. The van der Waals surface area contributed by atoms with Gasteiger partial charge in [0, 0.05) is 24.2 Å². The summed E-state index contributed by atoms with van der Waals surface area (Å²) in [5, 5.41) is 7.95. The van der Waals surface area contributed by atoms with Gasteiger partial charge in [-0.3, -0.25) is 4.79 Å². The summed E-state index contributed by atoms with van der Waals surface area (Å²) < 4.78 is 13.7. The van der Waals surface area contributed by atoms with E-state index in [0.717, 1.165) is 16.1 Å². The van der Waals surface area contributed by atoms with Gasteiger partial charge in [-0.1, -0.05) is 24.3 Å². The number of fused-ring (bicyclic) bond motifs is 1. The number of benzene rings is 2. The van der Waals surface area contributed by atoms with Crippen molar-refractivity contribution in [2.75, 3.05) is 17.2 Å². The average molecular weight is 410 g/mol. The maximum Gasteiger partial charge on any atom is 0.323 e. The van der Waals surface area contributed by atoms with Crippen LogP contribution < -0.4 is 10.6 Å². The van der Waals surface area contributed by atoms with Crippen molar-refractivity contribution in [2.45, 2.75) is 19.9 Å². The highest BCUT2D eigenvalue weighted by Crippen LogP contribution is 2.27. The van der Waals surface area contributed by atoms with Gasteiger partial charge in [-0.2, -0.15) is 0 Å². The molecule has 8 heteroatoms. The van der Waals surface area contributed by atoms with Gasteiger partial charge in [0.15, 0.2) is 0 Å². The van der Waals surface area contributed by atoms with Crippen LogP contribution in [0.5, 0.6) is 0 Å². The highest BCUT2D eigenvalue weighted by atomic mass is 32.1. The van der Waals surface area contributed by atoms with Crippen LogP contribution in [0, 0.1) is 12.7 Å². The molecule has 0 saturated carbocycles. The molecule has 3 aromatic rings. The molecule has 0 spiro atoms. The molecule has 1 aliphatic rings. The molecule has 3 amide bonds. The van der Waals surface area contributed by atoms with E-state index in [1.165, 1.54) is 23.5 Å². The number of rotatable bonds is 3. The lowest BCUT2D eigenvalue weighted by Gasteiger charge is -2.29. The lowest BCUT2D eigenvalue weighted by molar-refractivity contribution is 0.0729. The summed E-state index contributed by atoms with van der Waals surface area (Å²) in [4.78, 5) is 31.0. The van der Waals surface area contributed by atoms with Crippen molar-refractivity contribution in [3.63, 3.8) is 0 Å². The molecular formula is C21H19FN4O2S. The molecule has 0 unspecified atom stereocenters. The number of nitrogens with zero attached hydrogens (tertiary/aromatic N) is 2. The normalized spacial score (nSPS) is 13.0. The summed E-state index contributed by atoms with van der Waals surface area (Å²) in [6.45, 7) is 2.86. The molecule has 2 heterocycles. The minimum Gasteiger partial charge on any atom is -0.333 e. The number of urea groups is 1. The molecule has 2 aromatic carbocycles. The van der Waals surface area contributed by atoms with Gasteiger partial charge >= 0.3 is 6.03 Å². The van der Waals surface area contributed by atoms with Gasteiger partial charge in [0.25, 0.3) is 5.91 Å². The highest BCUT2D eigenvalue weighted by molar-refractivity contribution is 7.09. The van der Waals surface area contributed by atoms with Crippen LogP contribution in [-0.2, 0) is 13.0 Å². The number of para-hydroxylation sites is 1. The lowest BCUT2D eigenvalue weighted by atomic mass is 9.97. The van der Waals surface area contributed by atoms with Gasteiger partial charge in [0.1, 0.15) is 11.5 Å². The number of thiazole rings is 1. The number of hydrogen-bond donors (Lipinski definition) is 2. The van der Waals surface area contributed by atoms with Gasteiger partial charge in [-0.25, -0.2) is 14.2 Å². The van der Waals surface area contributed by atoms with Crippen molar-refractivity contribution in [3.05, 3.63) is 75.5 Å². The van der Waals surface area contributed by atoms with Crippen LogP contribution in [0.3, 0.4) is 0 Å². The molecule has 1 aliphatic heterocycles. The number of amides is 3. The smallest absolute Gasteiger partial charge is 0.323 e. The molecular weight excluding hydrogens is 391 g/mol. The molecule has 0 bridgehead atoms. The first-order valence-corrected chi connectivity index (χ1v) is 10.0. The second-order valence-corrected chi connectivity index (χ2v) is 7.79. The Kier molecular flexibility index (Phi) is 5.26. The van der Waals surface area contributed by atoms with Crippen molar-refractivity contribution in [2.24, 2.45) is 0 Å². The van der Waals surface area contributed by atoms with E-state index >= 15 is 0 Å². The molecule has 29 heavy (non-hydrogen) atoms. The molecule has 4 rings (SSSR count). The quantitative estimate of drug-likeness (QED) is 0.671. The number of aryl methyl sites for hydroxylation is 1. The number of carbonyl (C=O) groups is 2. The third-order valence-electron chi connectivity index (χ3n) is 4.76. The predicted octanol–water partition coefficient (Wildman–Crippen LogP) is 4.43. The summed E-state index contributed by atoms with van der Waals surface area (Å²) in [7, 11) is 0. The Hall–Kier alpha value is -3.26. The third-order valence-corrected chi connectivity index (χ3v) is 5.54. The van der Waals surface area contributed by atoms with Crippen molar-refractivity contribution < 1.29 is 14.0 Å². The van der Waals surface area contributed by atoms with Crippen LogP contribution in [0.25, 0.3) is 0 Å². The zero-order valence-electron chi connectivity index (χ0n) is 15.7. The average Bonchev–Trinajstić information content (AvgIpc) is 3.15. The van der Waals surface area contributed by atoms with Gasteiger partial charge < -0.3 is 15.5 Å². The van der Waals surface area contributed by atoms with Crippen LogP contribution in [-0.4, -0.2) is 28.4 Å². The van der Waals surface area contributed by atoms with Crippen molar-refractivity contribution in [1.29, 1.82) is 0 Å². The number of carbonyl (C=O) groups excluding carboxylic acids is 2. The minimum absolute atomic E-state index is 0.0874. The van der Waals surface area contributed by atoms with Crippen LogP contribution in [0.15, 0.2) is 47.8 Å². The Morgan fingerprint density at radius 1 is 1.10 bits per heavy atom. The van der Waals surface area contributed by atoms with Crippen LogP contribution in [0.1, 0.15) is 26.6 Å². The number of anilines is 2. The Labute approximate surface area is 171 Å². The topological polar surface area (TPSA) is 74.3 Å². The first-order valence-electron chi connectivity index (χ1n) is 9.16. The van der Waals surface area contributed by atoms with E-state index in [-0.39, 0.29) is 11.6 Å². The first kappa shape index (κ1) is 19.1. The van der Waals surface area contributed by atoms with Crippen molar-refractivity contribution >= 4 is 34.6 Å². The third kappa shape index (κ3) is 4.12. The predicted molar refractivity (Wildman–Crippen MR) is 111 cm³/mol. The molecule has 0 aliphatic carbocycles. The maximum absolute atomic E-state index is 13.7. The SMILES string of the molecule is Cc1nc(C(=O)N2CCc3c(cccc3NC(=O)Nc3ccccc3F)C2)cs1. The largest absolute Gasteiger partial charge is 0.333 e. The van der Waals surface area contributed by atoms with Crippen LogP contribution in [0.2, 0.25) is 0 Å². The van der Waals surface area contributed by atoms with Gasteiger partial charge in [0.2, 0.25) is 0 Å². The summed E-state index contributed by atoms with van der Waals surface area (Å²) in [6, 6.07) is 11.1. The summed E-state index contributed by atoms with van der Waals surface area (Å²) in [6.07, 6.45) is 0.611. The number of halogens is 1. The fourth-order valence-electron chi connectivity index (χ4n) is 3.36. The van der Waals surface area contributed by atoms with E-state index in [1.54, 1.807) is 28.5 Å². The fourth-order valence-corrected chi connectivity index (χ4v) is 3.95. The Morgan fingerprint density at radius 3 is 2.62 bits per heavy atom. The molecule has 0 radical (unpaired) electrons. The van der Waals surface area contributed by atoms with E-state index in [0.29, 0.717) is 30.9 Å². The van der Waals surface area contributed by atoms with E-state index < -0.39 is 11.8 Å². The molecule has 0 atom stereocenters.